The van der Waals surface area contributed by atoms with Crippen LogP contribution in [0.15, 0.2) is 18.2 Å². The van der Waals surface area contributed by atoms with Crippen LogP contribution in [0.1, 0.15) is 32.4 Å². The lowest BCUT2D eigenvalue weighted by Crippen LogP contribution is -2.48. The second-order valence-corrected chi connectivity index (χ2v) is 5.07. The van der Waals surface area contributed by atoms with Crippen molar-refractivity contribution in [2.75, 3.05) is 13.2 Å². The molecule has 0 bridgehead atoms. The molecule has 1 fully saturated rings. The summed E-state index contributed by atoms with van der Waals surface area (Å²) in [4.78, 5) is 2.24. The maximum atomic E-state index is 13.3. The van der Waals surface area contributed by atoms with E-state index in [9.17, 15) is 9.50 Å². The molecule has 0 spiro atoms. The minimum atomic E-state index is -0.316. The SMILES string of the molecule is CC1CN(C(C)c2cc(F)ccc2O)C(C)CO1. The average Bonchev–Trinajstić information content (AvgIpc) is 2.34. The van der Waals surface area contributed by atoms with Gasteiger partial charge >= 0.3 is 0 Å². The fraction of sp³-hybridized carbons (Fsp3) is 0.571. The van der Waals surface area contributed by atoms with Crippen LogP contribution in [-0.2, 0) is 4.74 Å². The van der Waals surface area contributed by atoms with Gasteiger partial charge in [-0.3, -0.25) is 4.90 Å². The molecule has 1 saturated heterocycles. The number of hydrogen-bond donors (Lipinski definition) is 1. The molecule has 3 nitrogen and oxygen atoms in total. The van der Waals surface area contributed by atoms with E-state index in [2.05, 4.69) is 11.8 Å². The van der Waals surface area contributed by atoms with Crippen LogP contribution in [0, 0.1) is 5.82 Å². The number of aromatic hydroxyl groups is 1. The van der Waals surface area contributed by atoms with Crippen LogP contribution in [0.3, 0.4) is 0 Å². The highest BCUT2D eigenvalue weighted by Crippen LogP contribution is 2.31. The summed E-state index contributed by atoms with van der Waals surface area (Å²) in [5, 5.41) is 9.86. The maximum Gasteiger partial charge on any atom is 0.123 e. The predicted octanol–water partition coefficient (Wildman–Crippen LogP) is 2.70. The molecule has 0 radical (unpaired) electrons. The van der Waals surface area contributed by atoms with Crippen molar-refractivity contribution in [2.24, 2.45) is 0 Å². The monoisotopic (exact) mass is 253 g/mol. The maximum absolute atomic E-state index is 13.3. The number of benzene rings is 1. The van der Waals surface area contributed by atoms with Crippen LogP contribution in [0.2, 0.25) is 0 Å². The van der Waals surface area contributed by atoms with Crippen molar-refractivity contribution in [2.45, 2.75) is 39.0 Å². The number of phenols is 1. The molecule has 2 rings (SSSR count). The van der Waals surface area contributed by atoms with Gasteiger partial charge in [-0.15, -0.1) is 0 Å². The third-order valence-corrected chi connectivity index (χ3v) is 3.59. The molecule has 3 unspecified atom stereocenters. The van der Waals surface area contributed by atoms with Crippen LogP contribution >= 0.6 is 0 Å². The van der Waals surface area contributed by atoms with Crippen LogP contribution in [0.25, 0.3) is 0 Å². The molecule has 0 aliphatic carbocycles. The van der Waals surface area contributed by atoms with E-state index in [1.165, 1.54) is 18.2 Å². The van der Waals surface area contributed by atoms with Crippen LogP contribution in [-0.4, -0.2) is 35.3 Å². The van der Waals surface area contributed by atoms with E-state index in [1.807, 2.05) is 13.8 Å². The van der Waals surface area contributed by atoms with Crippen molar-refractivity contribution in [3.8, 4) is 5.75 Å². The van der Waals surface area contributed by atoms with E-state index >= 15 is 0 Å². The van der Waals surface area contributed by atoms with Gasteiger partial charge in [0, 0.05) is 24.2 Å². The highest BCUT2D eigenvalue weighted by Gasteiger charge is 2.29. The zero-order valence-corrected chi connectivity index (χ0v) is 11.1. The topological polar surface area (TPSA) is 32.7 Å². The van der Waals surface area contributed by atoms with Crippen molar-refractivity contribution in [1.82, 2.24) is 4.90 Å². The van der Waals surface area contributed by atoms with Gasteiger partial charge in [0.25, 0.3) is 0 Å². The van der Waals surface area contributed by atoms with Crippen molar-refractivity contribution >= 4 is 0 Å². The first-order chi connectivity index (χ1) is 8.49. The summed E-state index contributed by atoms with van der Waals surface area (Å²) < 4.78 is 18.9. The largest absolute Gasteiger partial charge is 0.508 e. The van der Waals surface area contributed by atoms with Crippen molar-refractivity contribution in [1.29, 1.82) is 0 Å². The number of nitrogens with zero attached hydrogens (tertiary/aromatic N) is 1. The standard InChI is InChI=1S/C14H20FNO2/c1-9-8-18-10(2)7-16(9)11(3)13-6-12(15)4-5-14(13)17/h4-6,9-11,17H,7-8H2,1-3H3. The zero-order valence-electron chi connectivity index (χ0n) is 11.1. The Balaban J connectivity index is 2.23. The van der Waals surface area contributed by atoms with Gasteiger partial charge in [-0.1, -0.05) is 0 Å². The fourth-order valence-electron chi connectivity index (χ4n) is 2.51. The Bertz CT molecular complexity index is 424. The molecule has 0 aromatic heterocycles. The van der Waals surface area contributed by atoms with Gasteiger partial charge in [-0.25, -0.2) is 4.39 Å². The number of rotatable bonds is 2. The van der Waals surface area contributed by atoms with Crippen LogP contribution in [0.4, 0.5) is 4.39 Å². The Hall–Kier alpha value is -1.13. The van der Waals surface area contributed by atoms with E-state index in [-0.39, 0.29) is 29.8 Å². The Morgan fingerprint density at radius 1 is 1.44 bits per heavy atom. The summed E-state index contributed by atoms with van der Waals surface area (Å²) in [6.07, 6.45) is 0.166. The number of halogens is 1. The molecule has 1 aliphatic heterocycles. The first kappa shape index (κ1) is 13.3. The van der Waals surface area contributed by atoms with Gasteiger partial charge in [0.1, 0.15) is 11.6 Å². The molecule has 0 saturated carbocycles. The molecule has 0 amide bonds. The van der Waals surface area contributed by atoms with E-state index in [0.29, 0.717) is 12.2 Å². The molecule has 100 valence electrons. The number of hydrogen-bond acceptors (Lipinski definition) is 3. The Morgan fingerprint density at radius 2 is 2.17 bits per heavy atom. The third kappa shape index (κ3) is 2.65. The van der Waals surface area contributed by atoms with Crippen molar-refractivity contribution < 1.29 is 14.2 Å². The van der Waals surface area contributed by atoms with Crippen LogP contribution in [0.5, 0.6) is 5.75 Å². The number of morpholine rings is 1. The molecule has 4 heteroatoms. The molecule has 18 heavy (non-hydrogen) atoms. The Morgan fingerprint density at radius 3 is 2.89 bits per heavy atom. The van der Waals surface area contributed by atoms with Gasteiger partial charge in [0.2, 0.25) is 0 Å². The van der Waals surface area contributed by atoms with Gasteiger partial charge in [-0.05, 0) is 39.0 Å². The van der Waals surface area contributed by atoms with Gasteiger partial charge in [0.15, 0.2) is 0 Å². The molecule has 1 aromatic carbocycles. The summed E-state index contributed by atoms with van der Waals surface area (Å²) in [6.45, 7) is 7.55. The van der Waals surface area contributed by atoms with Gasteiger partial charge in [-0.2, -0.15) is 0 Å². The third-order valence-electron chi connectivity index (χ3n) is 3.59. The molecule has 1 N–H and O–H groups in total. The van der Waals surface area contributed by atoms with E-state index < -0.39 is 0 Å². The second-order valence-electron chi connectivity index (χ2n) is 5.07. The first-order valence-electron chi connectivity index (χ1n) is 6.34. The number of phenolic OH excluding ortho intramolecular Hbond substituents is 1. The van der Waals surface area contributed by atoms with E-state index in [1.54, 1.807) is 0 Å². The minimum Gasteiger partial charge on any atom is -0.508 e. The number of ether oxygens (including phenoxy) is 1. The predicted molar refractivity (Wildman–Crippen MR) is 68.1 cm³/mol. The highest BCUT2D eigenvalue weighted by molar-refractivity contribution is 5.35. The molecule has 1 aliphatic rings. The molecular formula is C14H20FNO2. The highest BCUT2D eigenvalue weighted by atomic mass is 19.1. The lowest BCUT2D eigenvalue weighted by molar-refractivity contribution is -0.0643. The summed E-state index contributed by atoms with van der Waals surface area (Å²) in [5.74, 6) is -0.168. The van der Waals surface area contributed by atoms with E-state index in [4.69, 9.17) is 4.74 Å². The first-order valence-corrected chi connectivity index (χ1v) is 6.34. The lowest BCUT2D eigenvalue weighted by atomic mass is 10.0. The Labute approximate surface area is 107 Å². The average molecular weight is 253 g/mol. The minimum absolute atomic E-state index is 0.0259. The molecular weight excluding hydrogens is 233 g/mol. The molecule has 3 atom stereocenters. The fourth-order valence-corrected chi connectivity index (χ4v) is 2.51. The smallest absolute Gasteiger partial charge is 0.123 e. The van der Waals surface area contributed by atoms with Crippen molar-refractivity contribution in [3.05, 3.63) is 29.6 Å². The summed E-state index contributed by atoms with van der Waals surface area (Å²) in [6, 6.07) is 4.33. The normalized spacial score (nSPS) is 27.1. The Kier molecular flexibility index (Phi) is 3.88. The van der Waals surface area contributed by atoms with E-state index in [0.717, 1.165) is 6.54 Å². The quantitative estimate of drug-likeness (QED) is 0.879. The summed E-state index contributed by atoms with van der Waals surface area (Å²) in [5.41, 5.74) is 0.635. The zero-order chi connectivity index (χ0) is 13.3. The van der Waals surface area contributed by atoms with Crippen LogP contribution < -0.4 is 0 Å². The van der Waals surface area contributed by atoms with Crippen molar-refractivity contribution in [3.63, 3.8) is 0 Å². The molecule has 1 heterocycles. The lowest BCUT2D eigenvalue weighted by Gasteiger charge is -2.40. The van der Waals surface area contributed by atoms with Gasteiger partial charge < -0.3 is 9.84 Å². The summed E-state index contributed by atoms with van der Waals surface area (Å²) in [7, 11) is 0. The second kappa shape index (κ2) is 5.24. The van der Waals surface area contributed by atoms with Gasteiger partial charge in [0.05, 0.1) is 12.7 Å². The molecule has 1 aromatic rings. The summed E-state index contributed by atoms with van der Waals surface area (Å²) >= 11 is 0.